The Morgan fingerprint density at radius 1 is 1.34 bits per heavy atom. The van der Waals surface area contributed by atoms with Gasteiger partial charge in [-0.15, -0.1) is 0 Å². The molecule has 0 fully saturated rings. The fourth-order valence-electron chi connectivity index (χ4n) is 3.37. The smallest absolute Gasteiger partial charge is 0.318 e. The summed E-state index contributed by atoms with van der Waals surface area (Å²) in [5, 5.41) is 15.5. The number of nitrogens with one attached hydrogen (secondary N) is 2. The van der Waals surface area contributed by atoms with Crippen LogP contribution in [0.1, 0.15) is 28.6 Å². The third kappa shape index (κ3) is 4.76. The van der Waals surface area contributed by atoms with Crippen molar-refractivity contribution in [3.8, 4) is 0 Å². The zero-order valence-corrected chi connectivity index (χ0v) is 18.0. The van der Waals surface area contributed by atoms with Crippen LogP contribution in [0.2, 0.25) is 5.02 Å². The van der Waals surface area contributed by atoms with E-state index < -0.39 is 11.9 Å². The van der Waals surface area contributed by atoms with Gasteiger partial charge in [0.25, 0.3) is 0 Å². The molecule has 1 aliphatic heterocycles. The second-order valence-electron chi connectivity index (χ2n) is 7.34. The molecule has 0 aliphatic carbocycles. The van der Waals surface area contributed by atoms with Crippen molar-refractivity contribution in [1.29, 1.82) is 0 Å². The fraction of sp³-hybridized carbons (Fsp3) is 0.286. The van der Waals surface area contributed by atoms with Gasteiger partial charge in [-0.1, -0.05) is 17.7 Å². The van der Waals surface area contributed by atoms with E-state index in [1.165, 1.54) is 24.5 Å². The van der Waals surface area contributed by atoms with E-state index in [0.29, 0.717) is 30.2 Å². The molecule has 0 saturated heterocycles. The van der Waals surface area contributed by atoms with E-state index in [1.54, 1.807) is 17.3 Å². The fourth-order valence-corrected chi connectivity index (χ4v) is 3.56. The highest BCUT2D eigenvalue weighted by atomic mass is 35.5. The van der Waals surface area contributed by atoms with Crippen molar-refractivity contribution in [2.45, 2.75) is 25.9 Å². The van der Waals surface area contributed by atoms with E-state index in [1.807, 2.05) is 6.92 Å². The van der Waals surface area contributed by atoms with E-state index in [-0.39, 0.29) is 24.2 Å². The average Bonchev–Trinajstić information content (AvgIpc) is 2.80. The van der Waals surface area contributed by atoms with Crippen molar-refractivity contribution >= 4 is 29.3 Å². The van der Waals surface area contributed by atoms with Gasteiger partial charge in [-0.25, -0.2) is 29.1 Å². The van der Waals surface area contributed by atoms with Crippen LogP contribution in [-0.2, 0) is 13.0 Å². The van der Waals surface area contributed by atoms with Crippen molar-refractivity contribution in [2.24, 2.45) is 0 Å². The summed E-state index contributed by atoms with van der Waals surface area (Å²) in [7, 11) is 0. The van der Waals surface area contributed by atoms with Gasteiger partial charge in [-0.05, 0) is 36.6 Å². The number of aromatic nitrogens is 4. The van der Waals surface area contributed by atoms with Gasteiger partial charge in [0, 0.05) is 12.7 Å². The zero-order chi connectivity index (χ0) is 22.7. The number of aliphatic hydroxyl groups excluding tert-OH is 1. The Labute approximate surface area is 188 Å². The Morgan fingerprint density at radius 3 is 2.94 bits per heavy atom. The Hall–Kier alpha value is -3.37. The lowest BCUT2D eigenvalue weighted by molar-refractivity contribution is 0.176. The van der Waals surface area contributed by atoms with Crippen LogP contribution in [0.4, 0.5) is 20.8 Å². The summed E-state index contributed by atoms with van der Waals surface area (Å²) < 4.78 is 13.4. The predicted molar refractivity (Wildman–Crippen MR) is 116 cm³/mol. The molecule has 3 aromatic rings. The number of halogens is 2. The van der Waals surface area contributed by atoms with Crippen LogP contribution >= 0.6 is 11.6 Å². The quantitative estimate of drug-likeness (QED) is 0.539. The highest BCUT2D eigenvalue weighted by Gasteiger charge is 2.25. The summed E-state index contributed by atoms with van der Waals surface area (Å²) in [6.07, 6.45) is 5.45. The molecule has 0 bridgehead atoms. The Morgan fingerprint density at radius 2 is 2.19 bits per heavy atom. The average molecular weight is 458 g/mol. The van der Waals surface area contributed by atoms with Gasteiger partial charge in [-0.3, -0.25) is 0 Å². The molecule has 166 valence electrons. The molecular weight excluding hydrogens is 437 g/mol. The lowest BCUT2D eigenvalue weighted by Crippen LogP contribution is -2.45. The number of benzene rings is 1. The number of hydrogen-bond donors (Lipinski definition) is 3. The number of amides is 2. The molecule has 2 amide bonds. The van der Waals surface area contributed by atoms with Crippen LogP contribution in [0.5, 0.6) is 0 Å². The Bertz CT molecular complexity index is 1150. The van der Waals surface area contributed by atoms with Gasteiger partial charge in [0.2, 0.25) is 5.95 Å². The maximum absolute atomic E-state index is 13.4. The molecule has 2 aromatic heterocycles. The number of carbonyl (C=O) groups excluding carboxylic acids is 1. The van der Waals surface area contributed by atoms with Crippen molar-refractivity contribution in [1.82, 2.24) is 30.2 Å². The number of carbonyl (C=O) groups is 1. The van der Waals surface area contributed by atoms with Gasteiger partial charge in [-0.2, -0.15) is 0 Å². The summed E-state index contributed by atoms with van der Waals surface area (Å²) in [5.74, 6) is -0.175. The third-order valence-electron chi connectivity index (χ3n) is 5.22. The summed E-state index contributed by atoms with van der Waals surface area (Å²) in [5.41, 5.74) is 3.66. The number of anilines is 2. The molecule has 0 spiro atoms. The minimum atomic E-state index is -0.717. The number of rotatable bonds is 5. The Kier molecular flexibility index (Phi) is 6.42. The lowest BCUT2D eigenvalue weighted by Gasteiger charge is -2.30. The molecule has 11 heteroatoms. The summed E-state index contributed by atoms with van der Waals surface area (Å²) in [4.78, 5) is 31.5. The Balaban J connectivity index is 1.46. The van der Waals surface area contributed by atoms with Crippen LogP contribution in [0.3, 0.4) is 0 Å². The van der Waals surface area contributed by atoms with Gasteiger partial charge >= 0.3 is 6.03 Å². The largest absolute Gasteiger partial charge is 0.394 e. The first kappa shape index (κ1) is 21.8. The summed E-state index contributed by atoms with van der Waals surface area (Å²) in [6.45, 7) is 2.25. The molecule has 1 aromatic carbocycles. The monoisotopic (exact) mass is 457 g/mol. The first-order valence-corrected chi connectivity index (χ1v) is 10.3. The van der Waals surface area contributed by atoms with Crippen molar-refractivity contribution in [3.63, 3.8) is 0 Å². The standard InChI is InChI=1S/C21H21ClFN7O2/c1-12-17(8-24-11-26-12)27-20-25-7-14-4-5-30(9-18(14)28-20)21(32)29-19(10-31)13-2-3-16(23)15(22)6-13/h2-3,6-8,11,19,31H,4-5,9-10H2,1H3,(H,29,32)(H,25,27,28). The topological polar surface area (TPSA) is 116 Å². The minimum Gasteiger partial charge on any atom is -0.394 e. The molecule has 1 aliphatic rings. The van der Waals surface area contributed by atoms with E-state index in [2.05, 4.69) is 30.6 Å². The van der Waals surface area contributed by atoms with Crippen LogP contribution in [0, 0.1) is 12.7 Å². The summed E-state index contributed by atoms with van der Waals surface area (Å²) in [6, 6.07) is 2.99. The van der Waals surface area contributed by atoms with Gasteiger partial charge in [0.15, 0.2) is 0 Å². The molecule has 0 saturated carbocycles. The first-order valence-electron chi connectivity index (χ1n) is 9.94. The minimum absolute atomic E-state index is 0.0714. The number of urea groups is 1. The lowest BCUT2D eigenvalue weighted by atomic mass is 10.1. The highest BCUT2D eigenvalue weighted by molar-refractivity contribution is 6.30. The number of aliphatic hydroxyl groups is 1. The third-order valence-corrected chi connectivity index (χ3v) is 5.51. The van der Waals surface area contributed by atoms with E-state index in [4.69, 9.17) is 11.6 Å². The molecule has 3 heterocycles. The predicted octanol–water partition coefficient (Wildman–Crippen LogP) is 2.91. The molecular formula is C21H21ClFN7O2. The first-order chi connectivity index (χ1) is 15.4. The maximum Gasteiger partial charge on any atom is 0.318 e. The van der Waals surface area contributed by atoms with Gasteiger partial charge in [0.1, 0.15) is 12.1 Å². The molecule has 4 rings (SSSR count). The van der Waals surface area contributed by atoms with Crippen LogP contribution in [0.15, 0.2) is 36.9 Å². The van der Waals surface area contributed by atoms with E-state index in [0.717, 1.165) is 17.0 Å². The molecule has 1 unspecified atom stereocenters. The van der Waals surface area contributed by atoms with E-state index >= 15 is 0 Å². The highest BCUT2D eigenvalue weighted by Crippen LogP contribution is 2.23. The van der Waals surface area contributed by atoms with Crippen molar-refractivity contribution in [2.75, 3.05) is 18.5 Å². The normalized spacial score (nSPS) is 13.9. The van der Waals surface area contributed by atoms with Gasteiger partial charge in [0.05, 0.1) is 47.5 Å². The zero-order valence-electron chi connectivity index (χ0n) is 17.2. The molecule has 0 radical (unpaired) electrons. The number of aryl methyl sites for hydroxylation is 1. The summed E-state index contributed by atoms with van der Waals surface area (Å²) >= 11 is 5.83. The number of hydrogen-bond acceptors (Lipinski definition) is 7. The number of fused-ring (bicyclic) bond motifs is 1. The van der Waals surface area contributed by atoms with E-state index in [9.17, 15) is 14.3 Å². The molecule has 3 N–H and O–H groups in total. The molecule has 1 atom stereocenters. The van der Waals surface area contributed by atoms with Gasteiger partial charge < -0.3 is 20.6 Å². The van der Waals surface area contributed by atoms with Crippen LogP contribution in [0.25, 0.3) is 0 Å². The van der Waals surface area contributed by atoms with Crippen molar-refractivity contribution < 1.29 is 14.3 Å². The SMILES string of the molecule is Cc1ncncc1Nc1ncc2c(n1)CN(C(=O)NC(CO)c1ccc(F)c(Cl)c1)CC2. The molecule has 32 heavy (non-hydrogen) atoms. The second-order valence-corrected chi connectivity index (χ2v) is 7.75. The van der Waals surface area contributed by atoms with Crippen LogP contribution in [-0.4, -0.2) is 49.1 Å². The van der Waals surface area contributed by atoms with Crippen molar-refractivity contribution in [3.05, 3.63) is 70.3 Å². The maximum atomic E-state index is 13.4. The number of nitrogens with zero attached hydrogens (tertiary/aromatic N) is 5. The second kappa shape index (κ2) is 9.41. The van der Waals surface area contributed by atoms with Crippen LogP contribution < -0.4 is 10.6 Å². The molecule has 9 nitrogen and oxygen atoms in total.